The summed E-state index contributed by atoms with van der Waals surface area (Å²) in [4.78, 5) is 49.6. The third kappa shape index (κ3) is 15.5. The second kappa shape index (κ2) is 32.8. The van der Waals surface area contributed by atoms with Gasteiger partial charge in [0.15, 0.2) is 46.6 Å². The van der Waals surface area contributed by atoms with Crippen LogP contribution in [0.5, 0.6) is 0 Å². The molecule has 21 rings (SSSR count). The Kier molecular flexibility index (Phi) is 20.6. The molecule has 0 bridgehead atoms. The van der Waals surface area contributed by atoms with E-state index in [1.54, 1.807) is 0 Å². The van der Waals surface area contributed by atoms with E-state index in [9.17, 15) is 0 Å². The molecule has 7 heterocycles. The number of rotatable bonds is 14. The third-order valence-corrected chi connectivity index (χ3v) is 22.2. The van der Waals surface area contributed by atoms with Crippen molar-refractivity contribution in [3.8, 4) is 147 Å². The van der Waals surface area contributed by atoms with Gasteiger partial charge in [0.2, 0.25) is 0 Å². The van der Waals surface area contributed by atoms with Crippen LogP contribution in [0.1, 0.15) is 27.7 Å². The van der Waals surface area contributed by atoms with Crippen molar-refractivity contribution in [2.45, 2.75) is 38.9 Å². The van der Waals surface area contributed by atoms with Crippen molar-refractivity contribution in [1.82, 2.24) is 49.8 Å². The van der Waals surface area contributed by atoms with Gasteiger partial charge in [0.1, 0.15) is 22.3 Å². The Balaban J connectivity index is 0.000000128. The molecule has 120 heavy (non-hydrogen) atoms. The Hall–Kier alpha value is -14.7. The summed E-state index contributed by atoms with van der Waals surface area (Å²) in [5.41, 5.74) is 19.9. The minimum atomic E-state index is -0.541. The first kappa shape index (κ1) is 75.4. The molecule has 14 aromatic carbocycles. The maximum atomic E-state index is 6.71. The Morgan fingerprint density at radius 1 is 0.233 bits per heavy atom. The third-order valence-electron chi connectivity index (χ3n) is 21.7. The number of benzene rings is 14. The zero-order valence-corrected chi connectivity index (χ0v) is 67.4. The van der Waals surface area contributed by atoms with Gasteiger partial charge in [-0.1, -0.05) is 337 Å². The van der Waals surface area contributed by atoms with E-state index in [4.69, 9.17) is 68.0 Å². The predicted molar refractivity (Wildman–Crippen MR) is 486 cm³/mol. The Labute approximate surface area is 702 Å². The highest BCUT2D eigenvalue weighted by atomic mass is 79.9. The molecule has 0 unspecified atom stereocenters. The molecule has 14 nitrogen and oxygen atoms in total. The summed E-state index contributed by atoms with van der Waals surface area (Å²) in [6, 6.07) is 126. The molecule has 0 amide bonds. The van der Waals surface area contributed by atoms with Crippen molar-refractivity contribution in [2.24, 2.45) is 0 Å². The first-order valence-corrected chi connectivity index (χ1v) is 40.5. The lowest BCUT2D eigenvalue weighted by Gasteiger charge is -2.32. The number of fused-ring (bicyclic) bond motifs is 6. The minimum Gasteiger partial charge on any atom is -0.455 e. The van der Waals surface area contributed by atoms with Gasteiger partial charge in [-0.2, -0.15) is 0 Å². The van der Waals surface area contributed by atoms with Gasteiger partial charge in [0.25, 0.3) is 0 Å². The standard InChI is InChI=1S/C49H31N5O.C33H28BN3O3.C22H15BrN2/c1-5-16-32(17-6-1)41-31-42(33-18-7-2-8-19-33)51-48(50-41)37-25-15-24-36(30-37)38-28-29-40(45-44(38)39-26-13-14-27-43(39)55-45)49-53-46(34-20-9-3-10-21-34)52-47(54-49)35-22-11-4-12-23-35;1-32(2)33(3,4)40-34(39-32)25-20-19-24(28-27(25)23-17-11-12-18-26(23)38-28)31-36-29(21-13-7-5-8-14-21)35-30(37-31)22-15-9-6-10-16-22;23-19-13-7-12-18(14-19)22-24-20(16-8-3-1-4-9-16)15-21(25-22)17-10-5-2-6-11-17/h1-31H;5-20H,1-4H3;1-15H. The predicted octanol–water partition coefficient (Wildman–Crippen LogP) is 25.5. The van der Waals surface area contributed by atoms with Crippen LogP contribution in [0.25, 0.3) is 191 Å². The second-order valence-corrected chi connectivity index (χ2v) is 31.0. The van der Waals surface area contributed by atoms with Crippen LogP contribution in [0.15, 0.2) is 389 Å². The molecule has 0 N–H and O–H groups in total. The lowest BCUT2D eigenvalue weighted by molar-refractivity contribution is 0.00578. The molecule has 16 heteroatoms. The lowest BCUT2D eigenvalue weighted by atomic mass is 9.76. The fourth-order valence-corrected chi connectivity index (χ4v) is 15.3. The number of para-hydroxylation sites is 2. The van der Waals surface area contributed by atoms with Gasteiger partial charge in [0.05, 0.1) is 45.1 Å². The molecule has 20 aromatic rings. The lowest BCUT2D eigenvalue weighted by Crippen LogP contribution is -2.41. The molecule has 1 aliphatic heterocycles. The van der Waals surface area contributed by atoms with Gasteiger partial charge in [-0.25, -0.2) is 49.8 Å². The highest BCUT2D eigenvalue weighted by molar-refractivity contribution is 9.10. The molecule has 574 valence electrons. The van der Waals surface area contributed by atoms with Crippen LogP contribution in [-0.4, -0.2) is 68.2 Å². The van der Waals surface area contributed by atoms with E-state index in [2.05, 4.69) is 153 Å². The van der Waals surface area contributed by atoms with E-state index in [1.807, 2.05) is 267 Å². The number of hydrogen-bond donors (Lipinski definition) is 0. The van der Waals surface area contributed by atoms with E-state index in [-0.39, 0.29) is 0 Å². The van der Waals surface area contributed by atoms with Gasteiger partial charge in [-0.05, 0) is 98.9 Å². The first-order chi connectivity index (χ1) is 58.8. The molecule has 1 aliphatic rings. The Morgan fingerprint density at radius 3 is 0.900 bits per heavy atom. The zero-order valence-electron chi connectivity index (χ0n) is 65.9. The van der Waals surface area contributed by atoms with Crippen LogP contribution in [-0.2, 0) is 9.31 Å². The van der Waals surface area contributed by atoms with E-state index in [1.165, 1.54) is 0 Å². The largest absolute Gasteiger partial charge is 0.495 e. The summed E-state index contributed by atoms with van der Waals surface area (Å²) in [5.74, 6) is 4.85. The summed E-state index contributed by atoms with van der Waals surface area (Å²) in [5, 5.41) is 3.92. The van der Waals surface area contributed by atoms with E-state index < -0.39 is 18.3 Å². The first-order valence-electron chi connectivity index (χ1n) is 39.7. The highest BCUT2D eigenvalue weighted by Crippen LogP contribution is 2.45. The number of furan rings is 2. The van der Waals surface area contributed by atoms with Crippen LogP contribution in [0.2, 0.25) is 0 Å². The zero-order chi connectivity index (χ0) is 81.1. The SMILES string of the molecule is Brc1cccc(-c2nc(-c3ccccc3)cc(-c3ccccc3)n2)c1.CC1(C)OB(c2ccc(-c3nc(-c4ccccc4)nc(-c4ccccc4)n3)c3oc4ccccc4c23)OC1(C)C.c1ccc(-c2cc(-c3ccccc3)nc(-c3cccc(-c4ccc(-c5nc(-c6ccccc6)nc(-c6ccccc6)n5)c5oc6ccccc6c45)c3)n2)cc1. The summed E-state index contributed by atoms with van der Waals surface area (Å²) < 4.78 is 27.2. The topological polar surface area (TPSA) is 174 Å². The minimum absolute atomic E-state index is 0.467. The van der Waals surface area contributed by atoms with Crippen LogP contribution in [0.3, 0.4) is 0 Å². The average Bonchev–Trinajstić information content (AvgIpc) is 1.58. The van der Waals surface area contributed by atoms with Crippen LogP contribution < -0.4 is 5.46 Å². The van der Waals surface area contributed by atoms with Crippen molar-refractivity contribution in [2.75, 3.05) is 0 Å². The van der Waals surface area contributed by atoms with Gasteiger partial charge in [0, 0.05) is 81.7 Å². The van der Waals surface area contributed by atoms with Gasteiger partial charge < -0.3 is 18.1 Å². The smallest absolute Gasteiger partial charge is 0.455 e. The van der Waals surface area contributed by atoms with Crippen molar-refractivity contribution in [3.05, 3.63) is 381 Å². The van der Waals surface area contributed by atoms with Crippen LogP contribution >= 0.6 is 15.9 Å². The molecular weight excluding hydrogens is 1540 g/mol. The summed E-state index contributed by atoms with van der Waals surface area (Å²) >= 11 is 3.53. The number of aromatic nitrogens is 10. The molecule has 0 radical (unpaired) electrons. The molecule has 1 fully saturated rings. The molecular formula is C104H74BBrN10O4. The van der Waals surface area contributed by atoms with Crippen molar-refractivity contribution < 1.29 is 18.1 Å². The van der Waals surface area contributed by atoms with Gasteiger partial charge >= 0.3 is 7.12 Å². The normalized spacial score (nSPS) is 12.8. The average molecular weight is 1620 g/mol. The summed E-state index contributed by atoms with van der Waals surface area (Å²) in [7, 11) is -0.541. The Morgan fingerprint density at radius 2 is 0.517 bits per heavy atom. The number of nitrogens with zero attached hydrogens (tertiary/aromatic N) is 10. The summed E-state index contributed by atoms with van der Waals surface area (Å²) in [6.07, 6.45) is 0. The van der Waals surface area contributed by atoms with Crippen LogP contribution in [0, 0.1) is 0 Å². The monoisotopic (exact) mass is 1620 g/mol. The van der Waals surface area contributed by atoms with E-state index >= 15 is 0 Å². The second-order valence-electron chi connectivity index (χ2n) is 30.1. The van der Waals surface area contributed by atoms with E-state index in [0.29, 0.717) is 51.9 Å². The highest BCUT2D eigenvalue weighted by Gasteiger charge is 2.52. The fraction of sp³-hybridized carbons (Fsp3) is 0.0577. The molecule has 0 atom stereocenters. The molecule has 0 aliphatic carbocycles. The number of hydrogen-bond acceptors (Lipinski definition) is 14. The molecule has 0 spiro atoms. The molecule has 1 saturated heterocycles. The van der Waals surface area contributed by atoms with E-state index in [0.717, 1.165) is 149 Å². The maximum Gasteiger partial charge on any atom is 0.495 e. The van der Waals surface area contributed by atoms with Gasteiger partial charge in [-0.15, -0.1) is 0 Å². The molecule has 6 aromatic heterocycles. The fourth-order valence-electron chi connectivity index (χ4n) is 14.9. The Bertz CT molecular complexity index is 6870. The summed E-state index contributed by atoms with van der Waals surface area (Å²) in [6.45, 7) is 8.25. The quantitative estimate of drug-likeness (QED) is 0.0941. The molecule has 0 saturated carbocycles. The van der Waals surface area contributed by atoms with Crippen molar-refractivity contribution >= 4 is 72.4 Å². The van der Waals surface area contributed by atoms with Gasteiger partial charge in [-0.3, -0.25) is 0 Å². The van der Waals surface area contributed by atoms with Crippen molar-refractivity contribution in [1.29, 1.82) is 0 Å². The van der Waals surface area contributed by atoms with Crippen LogP contribution in [0.4, 0.5) is 0 Å². The van der Waals surface area contributed by atoms with Crippen molar-refractivity contribution in [3.63, 3.8) is 0 Å². The number of halogens is 1. The maximum absolute atomic E-state index is 6.71.